The second kappa shape index (κ2) is 3.82. The molecule has 0 radical (unpaired) electrons. The van der Waals surface area contributed by atoms with Crippen LogP contribution < -0.4 is 10.4 Å². The Kier molecular flexibility index (Phi) is 2.19. The fourth-order valence-corrected chi connectivity index (χ4v) is 2.86. The Hall–Kier alpha value is -2.36. The molecule has 2 aromatic heterocycles. The first-order valence-corrected chi connectivity index (χ1v) is 6.67. The second-order valence-electron chi connectivity index (χ2n) is 5.28. The Bertz CT molecular complexity index is 897. The van der Waals surface area contributed by atoms with Crippen LogP contribution in [0.2, 0.25) is 0 Å². The predicted octanol–water partition coefficient (Wildman–Crippen LogP) is 3.23. The van der Waals surface area contributed by atoms with E-state index in [2.05, 4.69) is 4.98 Å². The molecule has 0 saturated carbocycles. The molecule has 1 aromatic carbocycles. The highest BCUT2D eigenvalue weighted by Gasteiger charge is 2.33. The molecule has 4 nitrogen and oxygen atoms in total. The van der Waals surface area contributed by atoms with Crippen LogP contribution in [-0.2, 0) is 0 Å². The summed E-state index contributed by atoms with van der Waals surface area (Å²) >= 11 is 0. The van der Waals surface area contributed by atoms with Crippen LogP contribution in [0.15, 0.2) is 39.8 Å². The Labute approximate surface area is 115 Å². The van der Waals surface area contributed by atoms with Crippen molar-refractivity contribution in [3.63, 3.8) is 0 Å². The summed E-state index contributed by atoms with van der Waals surface area (Å²) in [5.41, 5.74) is 0.932. The van der Waals surface area contributed by atoms with Gasteiger partial charge in [0.15, 0.2) is 0 Å². The van der Waals surface area contributed by atoms with E-state index in [0.29, 0.717) is 16.9 Å². The fraction of sp³-hybridized carbons (Fsp3) is 0.250. The number of hydrogen-bond acceptors (Lipinski definition) is 4. The fourth-order valence-electron chi connectivity index (χ4n) is 2.86. The van der Waals surface area contributed by atoms with Gasteiger partial charge in [-0.2, -0.15) is 0 Å². The first-order valence-electron chi connectivity index (χ1n) is 6.67. The highest BCUT2D eigenvalue weighted by molar-refractivity contribution is 6.06. The van der Waals surface area contributed by atoms with Crippen LogP contribution in [-0.4, -0.2) is 11.1 Å². The third kappa shape index (κ3) is 1.36. The topological polar surface area (TPSA) is 52.3 Å². The van der Waals surface area contributed by atoms with Crippen LogP contribution in [0.4, 0.5) is 0 Å². The minimum absolute atomic E-state index is 0.00774. The van der Waals surface area contributed by atoms with Gasteiger partial charge in [-0.1, -0.05) is 13.0 Å². The third-order valence-corrected chi connectivity index (χ3v) is 4.14. The Morgan fingerprint density at radius 1 is 1.15 bits per heavy atom. The standard InChI is InChI=1S/C16H13NO3/c1-8-9(2)19-15-12-4-3-10-7-17-6-5-11(10)14(12)20-16(18)13(8)15/h3-9H,1-2H3/t8-,9-/m0/s1. The van der Waals surface area contributed by atoms with Gasteiger partial charge in [0.05, 0.1) is 10.9 Å². The molecule has 20 heavy (non-hydrogen) atoms. The van der Waals surface area contributed by atoms with E-state index in [-0.39, 0.29) is 17.6 Å². The lowest BCUT2D eigenvalue weighted by Crippen LogP contribution is -2.14. The van der Waals surface area contributed by atoms with Crippen molar-refractivity contribution in [1.29, 1.82) is 0 Å². The molecule has 0 spiro atoms. The van der Waals surface area contributed by atoms with Gasteiger partial charge in [0.2, 0.25) is 0 Å². The van der Waals surface area contributed by atoms with E-state index in [1.165, 1.54) is 0 Å². The molecule has 0 unspecified atom stereocenters. The number of benzene rings is 1. The van der Waals surface area contributed by atoms with Crippen LogP contribution in [0.3, 0.4) is 0 Å². The molecule has 3 aromatic rings. The SMILES string of the molecule is C[C@@H]1Oc2c(c(=O)oc3c2ccc2cnccc23)[C@H]1C. The average molecular weight is 267 g/mol. The first kappa shape index (κ1) is 11.5. The Morgan fingerprint density at radius 2 is 2.00 bits per heavy atom. The normalized spacial score (nSPS) is 21.1. The van der Waals surface area contributed by atoms with Gasteiger partial charge in [-0.25, -0.2) is 4.79 Å². The number of pyridine rings is 1. The van der Waals surface area contributed by atoms with E-state index < -0.39 is 0 Å². The maximum absolute atomic E-state index is 12.3. The maximum atomic E-state index is 12.3. The van der Waals surface area contributed by atoms with Gasteiger partial charge in [-0.15, -0.1) is 0 Å². The monoisotopic (exact) mass is 267 g/mol. The lowest BCUT2D eigenvalue weighted by atomic mass is 9.98. The molecule has 2 atom stereocenters. The van der Waals surface area contributed by atoms with Gasteiger partial charge in [-0.05, 0) is 19.1 Å². The smallest absolute Gasteiger partial charge is 0.343 e. The molecule has 100 valence electrons. The molecule has 4 rings (SSSR count). The molecule has 3 heterocycles. The molecular weight excluding hydrogens is 254 g/mol. The van der Waals surface area contributed by atoms with Crippen molar-refractivity contribution in [3.8, 4) is 5.75 Å². The van der Waals surface area contributed by atoms with Gasteiger partial charge in [0.25, 0.3) is 0 Å². The zero-order valence-electron chi connectivity index (χ0n) is 11.2. The molecule has 0 aliphatic carbocycles. The highest BCUT2D eigenvalue weighted by atomic mass is 16.5. The van der Waals surface area contributed by atoms with Gasteiger partial charge in [0.1, 0.15) is 17.4 Å². The predicted molar refractivity (Wildman–Crippen MR) is 76.3 cm³/mol. The lowest BCUT2D eigenvalue weighted by molar-refractivity contribution is 0.234. The zero-order chi connectivity index (χ0) is 13.9. The maximum Gasteiger partial charge on any atom is 0.343 e. The van der Waals surface area contributed by atoms with Gasteiger partial charge in [0, 0.05) is 29.1 Å². The van der Waals surface area contributed by atoms with Crippen LogP contribution in [0.5, 0.6) is 5.75 Å². The molecule has 0 saturated heterocycles. The molecule has 4 heteroatoms. The van der Waals surface area contributed by atoms with E-state index in [1.54, 1.807) is 12.4 Å². The summed E-state index contributed by atoms with van der Waals surface area (Å²) in [6, 6.07) is 5.77. The molecule has 0 amide bonds. The Morgan fingerprint density at radius 3 is 2.85 bits per heavy atom. The first-order chi connectivity index (χ1) is 9.66. The van der Waals surface area contributed by atoms with Crippen molar-refractivity contribution in [2.24, 2.45) is 0 Å². The molecule has 0 fully saturated rings. The van der Waals surface area contributed by atoms with Crippen molar-refractivity contribution in [3.05, 3.63) is 46.6 Å². The molecule has 0 bridgehead atoms. The number of aromatic nitrogens is 1. The zero-order valence-corrected chi connectivity index (χ0v) is 11.2. The van der Waals surface area contributed by atoms with E-state index in [0.717, 1.165) is 16.2 Å². The summed E-state index contributed by atoms with van der Waals surface area (Å²) in [5.74, 6) is 0.730. The summed E-state index contributed by atoms with van der Waals surface area (Å²) in [5, 5.41) is 2.69. The van der Waals surface area contributed by atoms with Gasteiger partial charge >= 0.3 is 5.63 Å². The van der Waals surface area contributed by atoms with Crippen LogP contribution in [0, 0.1) is 0 Å². The average Bonchev–Trinajstić information content (AvgIpc) is 2.76. The van der Waals surface area contributed by atoms with Crippen molar-refractivity contribution >= 4 is 21.7 Å². The summed E-state index contributed by atoms with van der Waals surface area (Å²) in [4.78, 5) is 16.4. The summed E-state index contributed by atoms with van der Waals surface area (Å²) in [6.07, 6.45) is 3.45. The number of fused-ring (bicyclic) bond motifs is 5. The summed E-state index contributed by atoms with van der Waals surface area (Å²) in [7, 11) is 0. The third-order valence-electron chi connectivity index (χ3n) is 4.14. The van der Waals surface area contributed by atoms with Crippen molar-refractivity contribution in [1.82, 2.24) is 4.98 Å². The van der Waals surface area contributed by atoms with Crippen molar-refractivity contribution in [2.75, 3.05) is 0 Å². The Balaban J connectivity index is 2.20. The van der Waals surface area contributed by atoms with E-state index in [9.17, 15) is 4.79 Å². The number of nitrogens with zero attached hydrogens (tertiary/aromatic N) is 1. The highest BCUT2D eigenvalue weighted by Crippen LogP contribution is 2.41. The minimum Gasteiger partial charge on any atom is -0.489 e. The van der Waals surface area contributed by atoms with Crippen LogP contribution in [0.25, 0.3) is 21.7 Å². The summed E-state index contributed by atoms with van der Waals surface area (Å²) in [6.45, 7) is 3.96. The lowest BCUT2D eigenvalue weighted by Gasteiger charge is -2.07. The molecular formula is C16H13NO3. The summed E-state index contributed by atoms with van der Waals surface area (Å²) < 4.78 is 11.5. The van der Waals surface area contributed by atoms with E-state index >= 15 is 0 Å². The number of ether oxygens (including phenoxy) is 1. The van der Waals surface area contributed by atoms with Crippen molar-refractivity contribution < 1.29 is 9.15 Å². The molecule has 1 aliphatic rings. The minimum atomic E-state index is -0.298. The van der Waals surface area contributed by atoms with E-state index in [4.69, 9.17) is 9.15 Å². The quantitative estimate of drug-likeness (QED) is 0.463. The van der Waals surface area contributed by atoms with E-state index in [1.807, 2.05) is 32.0 Å². The van der Waals surface area contributed by atoms with Crippen LogP contribution >= 0.6 is 0 Å². The molecule has 0 N–H and O–H groups in total. The van der Waals surface area contributed by atoms with Gasteiger partial charge in [-0.3, -0.25) is 4.98 Å². The number of hydrogen-bond donors (Lipinski definition) is 0. The number of rotatable bonds is 0. The van der Waals surface area contributed by atoms with Gasteiger partial charge < -0.3 is 9.15 Å². The van der Waals surface area contributed by atoms with Crippen molar-refractivity contribution in [2.45, 2.75) is 25.9 Å². The molecule has 1 aliphatic heterocycles. The second-order valence-corrected chi connectivity index (χ2v) is 5.28. The largest absolute Gasteiger partial charge is 0.489 e. The van der Waals surface area contributed by atoms with Crippen LogP contribution in [0.1, 0.15) is 25.3 Å².